The molecule has 3 rings (SSSR count). The van der Waals surface area contributed by atoms with Gasteiger partial charge in [-0.25, -0.2) is 9.48 Å². The average molecular weight is 325 g/mol. The first-order valence-corrected chi connectivity index (χ1v) is 7.45. The maximum atomic E-state index is 11.2. The van der Waals surface area contributed by atoms with Gasteiger partial charge in [-0.3, -0.25) is 10.1 Å². The molecule has 1 spiro atoms. The highest BCUT2D eigenvalue weighted by Gasteiger charge is 2.42. The Hall–Kier alpha value is -2.36. The number of aromatic nitrogens is 2. The fourth-order valence-corrected chi connectivity index (χ4v) is 3.35. The van der Waals surface area contributed by atoms with Gasteiger partial charge < -0.3 is 19.6 Å². The number of carbonyl (C=O) groups is 1. The van der Waals surface area contributed by atoms with Gasteiger partial charge in [0.05, 0.1) is 23.7 Å². The van der Waals surface area contributed by atoms with Gasteiger partial charge >= 0.3 is 11.8 Å². The third-order valence-corrected chi connectivity index (χ3v) is 4.58. The van der Waals surface area contributed by atoms with Crippen molar-refractivity contribution in [3.8, 4) is 0 Å². The monoisotopic (exact) mass is 325 g/mol. The predicted octanol–water partition coefficient (Wildman–Crippen LogP) is 0.678. The first kappa shape index (κ1) is 15.5. The van der Waals surface area contributed by atoms with Gasteiger partial charge in [0.15, 0.2) is 0 Å². The predicted molar refractivity (Wildman–Crippen MR) is 79.6 cm³/mol. The summed E-state index contributed by atoms with van der Waals surface area (Å²) in [6.45, 7) is 2.25. The Balaban J connectivity index is 1.73. The van der Waals surface area contributed by atoms with Gasteiger partial charge in [0.25, 0.3) is 0 Å². The molecule has 0 aromatic carbocycles. The van der Waals surface area contributed by atoms with Gasteiger partial charge in [0.1, 0.15) is 6.20 Å². The standard InChI is InChI=1S/C13H19N5O5/c1-15-11(10(8-14-15)18(21)22)16-4-2-13(3-5-16)9-17(12(19)20)6-7-23-13/h8H,2-7,9H2,1H3,(H,19,20). The molecule has 3 heterocycles. The Morgan fingerprint density at radius 1 is 1.43 bits per heavy atom. The summed E-state index contributed by atoms with van der Waals surface area (Å²) in [5, 5.41) is 24.2. The SMILES string of the molecule is Cn1ncc([N+](=O)[O-])c1N1CCC2(CC1)CN(C(=O)O)CCO2. The molecule has 2 saturated heterocycles. The Labute approximate surface area is 132 Å². The van der Waals surface area contributed by atoms with Crippen LogP contribution < -0.4 is 4.90 Å². The molecule has 0 radical (unpaired) electrons. The van der Waals surface area contributed by atoms with Crippen LogP contribution in [-0.2, 0) is 11.8 Å². The summed E-state index contributed by atoms with van der Waals surface area (Å²) < 4.78 is 7.37. The van der Waals surface area contributed by atoms with Crippen LogP contribution in [0.1, 0.15) is 12.8 Å². The molecule has 1 N–H and O–H groups in total. The average Bonchev–Trinajstić information content (AvgIpc) is 2.90. The van der Waals surface area contributed by atoms with E-state index in [1.807, 2.05) is 4.90 Å². The number of carboxylic acid groups (broad SMARTS) is 1. The largest absolute Gasteiger partial charge is 0.465 e. The molecule has 0 saturated carbocycles. The van der Waals surface area contributed by atoms with Crippen molar-refractivity contribution < 1.29 is 19.6 Å². The molecule has 2 aliphatic rings. The molecule has 1 aromatic heterocycles. The van der Waals surface area contributed by atoms with E-state index in [0.29, 0.717) is 51.4 Å². The summed E-state index contributed by atoms with van der Waals surface area (Å²) in [7, 11) is 1.68. The van der Waals surface area contributed by atoms with Crippen molar-refractivity contribution in [1.29, 1.82) is 0 Å². The van der Waals surface area contributed by atoms with Crippen LogP contribution in [0.4, 0.5) is 16.3 Å². The number of aryl methyl sites for hydroxylation is 1. The van der Waals surface area contributed by atoms with Crippen molar-refractivity contribution in [1.82, 2.24) is 14.7 Å². The van der Waals surface area contributed by atoms with Crippen LogP contribution >= 0.6 is 0 Å². The number of anilines is 1. The van der Waals surface area contributed by atoms with Crippen molar-refractivity contribution in [2.75, 3.05) is 37.7 Å². The van der Waals surface area contributed by atoms with E-state index in [1.54, 1.807) is 7.05 Å². The first-order valence-electron chi connectivity index (χ1n) is 7.45. The number of nitrogens with zero attached hydrogens (tertiary/aromatic N) is 5. The minimum atomic E-state index is -0.933. The molecular formula is C13H19N5O5. The summed E-state index contributed by atoms with van der Waals surface area (Å²) in [5.74, 6) is 0.482. The van der Waals surface area contributed by atoms with Crippen LogP contribution in [0.5, 0.6) is 0 Å². The van der Waals surface area contributed by atoms with E-state index in [2.05, 4.69) is 5.10 Å². The van der Waals surface area contributed by atoms with E-state index in [0.717, 1.165) is 0 Å². The number of amides is 1. The molecule has 0 bridgehead atoms. The molecule has 1 aromatic rings. The lowest BCUT2D eigenvalue weighted by atomic mass is 9.89. The second-order valence-corrected chi connectivity index (χ2v) is 5.96. The maximum absolute atomic E-state index is 11.2. The van der Waals surface area contributed by atoms with Gasteiger partial charge in [-0.2, -0.15) is 5.10 Å². The van der Waals surface area contributed by atoms with Crippen LogP contribution in [0, 0.1) is 10.1 Å². The van der Waals surface area contributed by atoms with Crippen LogP contribution in [0.3, 0.4) is 0 Å². The molecule has 23 heavy (non-hydrogen) atoms. The lowest BCUT2D eigenvalue weighted by Crippen LogP contribution is -2.58. The Kier molecular flexibility index (Phi) is 3.84. The van der Waals surface area contributed by atoms with E-state index in [1.165, 1.54) is 15.8 Å². The molecule has 10 nitrogen and oxygen atoms in total. The Bertz CT molecular complexity index is 622. The normalized spacial score (nSPS) is 20.7. The molecule has 2 aliphatic heterocycles. The highest BCUT2D eigenvalue weighted by atomic mass is 16.6. The second kappa shape index (κ2) is 5.69. The second-order valence-electron chi connectivity index (χ2n) is 5.96. The van der Waals surface area contributed by atoms with Crippen molar-refractivity contribution in [2.45, 2.75) is 18.4 Å². The van der Waals surface area contributed by atoms with Gasteiger partial charge in [-0.15, -0.1) is 0 Å². The van der Waals surface area contributed by atoms with Crippen LogP contribution in [0.2, 0.25) is 0 Å². The minimum Gasteiger partial charge on any atom is -0.465 e. The maximum Gasteiger partial charge on any atom is 0.407 e. The number of morpholine rings is 1. The van der Waals surface area contributed by atoms with Crippen LogP contribution in [-0.4, -0.2) is 69.2 Å². The third kappa shape index (κ3) is 2.81. The zero-order valence-electron chi connectivity index (χ0n) is 12.8. The lowest BCUT2D eigenvalue weighted by Gasteiger charge is -2.46. The molecule has 0 aliphatic carbocycles. The van der Waals surface area contributed by atoms with Gasteiger partial charge in [-0.05, 0) is 12.8 Å². The van der Waals surface area contributed by atoms with Crippen molar-refractivity contribution in [3.05, 3.63) is 16.3 Å². The van der Waals surface area contributed by atoms with Gasteiger partial charge in [0.2, 0.25) is 5.82 Å². The Morgan fingerprint density at radius 3 is 2.74 bits per heavy atom. The number of hydrogen-bond donors (Lipinski definition) is 1. The molecule has 126 valence electrons. The zero-order chi connectivity index (χ0) is 16.6. The number of rotatable bonds is 2. The highest BCUT2D eigenvalue weighted by Crippen LogP contribution is 2.35. The van der Waals surface area contributed by atoms with E-state index in [9.17, 15) is 14.9 Å². The summed E-state index contributed by atoms with van der Waals surface area (Å²) in [4.78, 5) is 25.2. The summed E-state index contributed by atoms with van der Waals surface area (Å²) in [6, 6.07) is 0. The number of hydrogen-bond acceptors (Lipinski definition) is 6. The molecule has 1 amide bonds. The van der Waals surface area contributed by atoms with E-state index in [4.69, 9.17) is 9.84 Å². The van der Waals surface area contributed by atoms with Crippen molar-refractivity contribution in [3.63, 3.8) is 0 Å². The summed E-state index contributed by atoms with van der Waals surface area (Å²) in [5.41, 5.74) is -0.499. The highest BCUT2D eigenvalue weighted by molar-refractivity contribution is 5.65. The van der Waals surface area contributed by atoms with E-state index in [-0.39, 0.29) is 5.69 Å². The van der Waals surface area contributed by atoms with Crippen molar-refractivity contribution >= 4 is 17.6 Å². The van der Waals surface area contributed by atoms with Crippen LogP contribution in [0.15, 0.2) is 6.20 Å². The van der Waals surface area contributed by atoms with Crippen LogP contribution in [0.25, 0.3) is 0 Å². The number of nitro groups is 1. The van der Waals surface area contributed by atoms with E-state index >= 15 is 0 Å². The fraction of sp³-hybridized carbons (Fsp3) is 0.692. The van der Waals surface area contributed by atoms with Gasteiger partial charge in [0, 0.05) is 26.7 Å². The molecule has 0 atom stereocenters. The lowest BCUT2D eigenvalue weighted by molar-refractivity contribution is -0.384. The smallest absolute Gasteiger partial charge is 0.407 e. The van der Waals surface area contributed by atoms with Gasteiger partial charge in [-0.1, -0.05) is 0 Å². The summed E-state index contributed by atoms with van der Waals surface area (Å²) >= 11 is 0. The Morgan fingerprint density at radius 2 is 2.13 bits per heavy atom. The zero-order valence-corrected chi connectivity index (χ0v) is 12.8. The molecular weight excluding hydrogens is 306 g/mol. The minimum absolute atomic E-state index is 0.0137. The van der Waals surface area contributed by atoms with Crippen molar-refractivity contribution in [2.24, 2.45) is 7.05 Å². The number of piperidine rings is 1. The molecule has 10 heteroatoms. The number of ether oxygens (including phenoxy) is 1. The molecule has 0 unspecified atom stereocenters. The van der Waals surface area contributed by atoms with E-state index < -0.39 is 16.6 Å². The quantitative estimate of drug-likeness (QED) is 0.628. The fourth-order valence-electron chi connectivity index (χ4n) is 3.35. The topological polar surface area (TPSA) is 114 Å². The molecule has 2 fully saturated rings. The first-order chi connectivity index (χ1) is 10.9. The summed E-state index contributed by atoms with van der Waals surface area (Å²) in [6.07, 6.45) is 1.57. The third-order valence-electron chi connectivity index (χ3n) is 4.58.